The van der Waals surface area contributed by atoms with Crippen molar-refractivity contribution in [3.63, 3.8) is 0 Å². The molecule has 0 spiro atoms. The van der Waals surface area contributed by atoms with Crippen LogP contribution in [0, 0.1) is 0 Å². The third-order valence-electron chi connectivity index (χ3n) is 5.65. The summed E-state index contributed by atoms with van der Waals surface area (Å²) in [6.07, 6.45) is 7.65. The Bertz CT molecular complexity index is 1380. The molecule has 0 atom stereocenters. The highest BCUT2D eigenvalue weighted by molar-refractivity contribution is 7.90. The van der Waals surface area contributed by atoms with Crippen molar-refractivity contribution in [3.05, 3.63) is 55.1 Å². The zero-order valence-corrected chi connectivity index (χ0v) is 18.8. The highest BCUT2D eigenvalue weighted by atomic mass is 32.2. The van der Waals surface area contributed by atoms with Gasteiger partial charge in [-0.15, -0.1) is 0 Å². The van der Waals surface area contributed by atoms with E-state index in [1.807, 2.05) is 12.1 Å². The summed E-state index contributed by atoms with van der Waals surface area (Å²) in [4.78, 5) is 15.6. The maximum Gasteiger partial charge on any atom is 0.228 e. The predicted molar refractivity (Wildman–Crippen MR) is 125 cm³/mol. The Morgan fingerprint density at radius 2 is 1.76 bits per heavy atom. The minimum Gasteiger partial charge on any atom is -0.474 e. The van der Waals surface area contributed by atoms with Gasteiger partial charge in [0.25, 0.3) is 0 Å². The summed E-state index contributed by atoms with van der Waals surface area (Å²) in [5.74, 6) is 1.40. The summed E-state index contributed by atoms with van der Waals surface area (Å²) in [6.45, 7) is 1.64. The standard InChI is InChI=1S/C22H21BN6O3S/c1-33(30,31)18-5-3-16(4-6-18)29-21-19(13-27-29)22(26-14-25-21)32-17-8-10-28(11-9-17)20-7-2-15(23)12-24-20/h2-7,12-14,17H,8-11H2,1H3. The van der Waals surface area contributed by atoms with E-state index in [1.54, 1.807) is 41.3 Å². The first-order valence-corrected chi connectivity index (χ1v) is 12.4. The Labute approximate surface area is 192 Å². The highest BCUT2D eigenvalue weighted by Crippen LogP contribution is 2.27. The Hall–Kier alpha value is -3.47. The molecule has 3 aromatic heterocycles. The lowest BCUT2D eigenvalue weighted by molar-refractivity contribution is 0.166. The fourth-order valence-corrected chi connectivity index (χ4v) is 4.52. The molecule has 5 rings (SSSR count). The van der Waals surface area contributed by atoms with Gasteiger partial charge in [-0.25, -0.2) is 28.1 Å². The average Bonchev–Trinajstić information content (AvgIpc) is 3.25. The molecule has 0 aliphatic carbocycles. The second kappa shape index (κ2) is 8.47. The number of aromatic nitrogens is 5. The van der Waals surface area contributed by atoms with E-state index in [4.69, 9.17) is 12.6 Å². The predicted octanol–water partition coefficient (Wildman–Crippen LogP) is 1.46. The van der Waals surface area contributed by atoms with Crippen molar-refractivity contribution in [2.45, 2.75) is 23.8 Å². The van der Waals surface area contributed by atoms with Gasteiger partial charge in [0.05, 0.1) is 16.8 Å². The van der Waals surface area contributed by atoms with Gasteiger partial charge in [-0.3, -0.25) is 0 Å². The molecule has 0 amide bonds. The zero-order chi connectivity index (χ0) is 23.0. The summed E-state index contributed by atoms with van der Waals surface area (Å²) in [7, 11) is 2.46. The molecule has 1 fully saturated rings. The van der Waals surface area contributed by atoms with Crippen LogP contribution in [0.5, 0.6) is 5.88 Å². The van der Waals surface area contributed by atoms with Crippen LogP contribution in [0.2, 0.25) is 0 Å². The Morgan fingerprint density at radius 1 is 1.00 bits per heavy atom. The average molecular weight is 460 g/mol. The molecule has 2 radical (unpaired) electrons. The van der Waals surface area contributed by atoms with Gasteiger partial charge < -0.3 is 9.64 Å². The first-order chi connectivity index (χ1) is 15.9. The molecule has 1 aromatic carbocycles. The molecular weight excluding hydrogens is 439 g/mol. The fourth-order valence-electron chi connectivity index (χ4n) is 3.89. The molecule has 4 aromatic rings. The number of ether oxygens (including phenoxy) is 1. The molecule has 0 saturated carbocycles. The maximum atomic E-state index is 11.7. The Kier molecular flexibility index (Phi) is 5.49. The highest BCUT2D eigenvalue weighted by Gasteiger charge is 2.23. The lowest BCUT2D eigenvalue weighted by atomic mass is 9.99. The normalized spacial score (nSPS) is 15.1. The molecule has 0 N–H and O–H groups in total. The third-order valence-corrected chi connectivity index (χ3v) is 6.78. The SMILES string of the molecule is [B]c1ccc(N2CCC(Oc3ncnc4c3cnn4-c3ccc(S(C)(=O)=O)cc3)CC2)nc1. The summed E-state index contributed by atoms with van der Waals surface area (Å²) < 4.78 is 31.3. The van der Waals surface area contributed by atoms with Gasteiger partial charge in [-0.05, 0) is 30.3 Å². The van der Waals surface area contributed by atoms with Crippen molar-refractivity contribution in [3.8, 4) is 11.6 Å². The van der Waals surface area contributed by atoms with Crippen LogP contribution in [-0.4, -0.2) is 66.4 Å². The summed E-state index contributed by atoms with van der Waals surface area (Å²) in [5.41, 5.74) is 1.94. The van der Waals surface area contributed by atoms with E-state index < -0.39 is 9.84 Å². The second-order valence-corrected chi connectivity index (χ2v) is 10.0. The molecule has 33 heavy (non-hydrogen) atoms. The first-order valence-electron chi connectivity index (χ1n) is 10.5. The smallest absolute Gasteiger partial charge is 0.228 e. The van der Waals surface area contributed by atoms with E-state index in [0.717, 1.165) is 31.7 Å². The van der Waals surface area contributed by atoms with E-state index in [2.05, 4.69) is 25.0 Å². The quantitative estimate of drug-likeness (QED) is 0.413. The number of hydrogen-bond donors (Lipinski definition) is 0. The number of benzene rings is 1. The largest absolute Gasteiger partial charge is 0.474 e. The van der Waals surface area contributed by atoms with Crippen LogP contribution >= 0.6 is 0 Å². The molecule has 9 nitrogen and oxygen atoms in total. The Balaban J connectivity index is 1.32. The van der Waals surface area contributed by atoms with E-state index in [1.165, 1.54) is 12.6 Å². The van der Waals surface area contributed by atoms with Crippen molar-refractivity contribution in [2.24, 2.45) is 0 Å². The minimum atomic E-state index is -3.27. The van der Waals surface area contributed by atoms with Crippen molar-refractivity contribution in [1.29, 1.82) is 0 Å². The first kappa shape index (κ1) is 21.4. The van der Waals surface area contributed by atoms with Gasteiger partial charge >= 0.3 is 0 Å². The summed E-state index contributed by atoms with van der Waals surface area (Å²) in [6, 6.07) is 10.3. The Morgan fingerprint density at radius 3 is 2.42 bits per heavy atom. The van der Waals surface area contributed by atoms with E-state index in [-0.39, 0.29) is 11.0 Å². The number of anilines is 1. The zero-order valence-electron chi connectivity index (χ0n) is 18.0. The van der Waals surface area contributed by atoms with Gasteiger partial charge in [0.2, 0.25) is 5.88 Å². The van der Waals surface area contributed by atoms with E-state index in [0.29, 0.717) is 28.1 Å². The molecule has 166 valence electrons. The van der Waals surface area contributed by atoms with Gasteiger partial charge in [0.1, 0.15) is 31.5 Å². The molecule has 4 heterocycles. The van der Waals surface area contributed by atoms with E-state index >= 15 is 0 Å². The van der Waals surface area contributed by atoms with Crippen LogP contribution in [0.4, 0.5) is 5.82 Å². The lowest BCUT2D eigenvalue weighted by Crippen LogP contribution is -2.39. The van der Waals surface area contributed by atoms with Crippen molar-refractivity contribution in [2.75, 3.05) is 24.2 Å². The topological polar surface area (TPSA) is 103 Å². The van der Waals surface area contributed by atoms with Crippen LogP contribution in [0.25, 0.3) is 16.7 Å². The van der Waals surface area contributed by atoms with Crippen LogP contribution < -0.4 is 15.1 Å². The van der Waals surface area contributed by atoms with Crippen LogP contribution in [0.15, 0.2) is 60.0 Å². The fraction of sp³-hybridized carbons (Fsp3) is 0.273. The third kappa shape index (κ3) is 4.41. The molecule has 11 heteroatoms. The summed E-state index contributed by atoms with van der Waals surface area (Å²) in [5, 5.41) is 5.13. The van der Waals surface area contributed by atoms with Gasteiger partial charge in [-0.2, -0.15) is 5.10 Å². The maximum absolute atomic E-state index is 11.7. The number of piperidine rings is 1. The van der Waals surface area contributed by atoms with E-state index in [9.17, 15) is 8.42 Å². The number of fused-ring (bicyclic) bond motifs is 1. The molecule has 0 bridgehead atoms. The minimum absolute atomic E-state index is 0.0190. The summed E-state index contributed by atoms with van der Waals surface area (Å²) >= 11 is 0. The van der Waals surface area contributed by atoms with Crippen molar-refractivity contribution in [1.82, 2.24) is 24.7 Å². The van der Waals surface area contributed by atoms with Crippen LogP contribution in [0.3, 0.4) is 0 Å². The van der Waals surface area contributed by atoms with Crippen molar-refractivity contribution >= 4 is 40.0 Å². The number of pyridine rings is 1. The number of nitrogens with zero attached hydrogens (tertiary/aromatic N) is 6. The van der Waals surface area contributed by atoms with Crippen LogP contribution in [0.1, 0.15) is 12.8 Å². The van der Waals surface area contributed by atoms with Gasteiger partial charge in [0.15, 0.2) is 15.5 Å². The number of sulfone groups is 1. The second-order valence-electron chi connectivity index (χ2n) is 7.99. The lowest BCUT2D eigenvalue weighted by Gasteiger charge is -2.32. The number of rotatable bonds is 5. The number of hydrogen-bond acceptors (Lipinski definition) is 8. The monoisotopic (exact) mass is 460 g/mol. The molecule has 0 unspecified atom stereocenters. The van der Waals surface area contributed by atoms with Crippen molar-refractivity contribution < 1.29 is 13.2 Å². The van der Waals surface area contributed by atoms with Gasteiger partial charge in [-0.1, -0.05) is 11.5 Å². The molecular formula is C22H21BN6O3S. The van der Waals surface area contributed by atoms with Gasteiger partial charge in [0, 0.05) is 38.4 Å². The molecule has 1 saturated heterocycles. The molecule has 1 aliphatic heterocycles. The van der Waals surface area contributed by atoms with Crippen LogP contribution in [-0.2, 0) is 9.84 Å². The molecule has 1 aliphatic rings.